The zero-order valence-electron chi connectivity index (χ0n) is 12.2. The molecule has 0 unspecified atom stereocenters. The predicted molar refractivity (Wildman–Crippen MR) is 90.0 cm³/mol. The highest BCUT2D eigenvalue weighted by atomic mass is 35.5. The van der Waals surface area contributed by atoms with Crippen LogP contribution in [0.4, 0.5) is 5.69 Å². The lowest BCUT2D eigenvalue weighted by molar-refractivity contribution is 0.759. The summed E-state index contributed by atoms with van der Waals surface area (Å²) >= 11 is 6.15. The van der Waals surface area contributed by atoms with Crippen molar-refractivity contribution in [2.45, 2.75) is 25.8 Å². The molecule has 0 aliphatic carbocycles. The maximum atomic E-state index is 6.15. The summed E-state index contributed by atoms with van der Waals surface area (Å²) < 4.78 is 0. The molecule has 2 aromatic rings. The number of halogens is 1. The molecular weight excluding hydrogens is 280 g/mol. The van der Waals surface area contributed by atoms with E-state index < -0.39 is 0 Å². The van der Waals surface area contributed by atoms with Crippen molar-refractivity contribution in [3.63, 3.8) is 0 Å². The van der Waals surface area contributed by atoms with E-state index in [9.17, 15) is 0 Å². The van der Waals surface area contributed by atoms with Crippen LogP contribution in [0.5, 0.6) is 0 Å². The highest BCUT2D eigenvalue weighted by Gasteiger charge is 2.16. The zero-order chi connectivity index (χ0) is 14.7. The van der Waals surface area contributed by atoms with Crippen molar-refractivity contribution in [1.82, 2.24) is 0 Å². The third-order valence-electron chi connectivity index (χ3n) is 4.15. The second-order valence-corrected chi connectivity index (χ2v) is 6.04. The van der Waals surface area contributed by atoms with Crippen LogP contribution in [0.3, 0.4) is 0 Å². The second kappa shape index (κ2) is 6.50. The van der Waals surface area contributed by atoms with Crippen molar-refractivity contribution in [1.29, 1.82) is 0 Å². The largest absolute Gasteiger partial charge is 0.367 e. The predicted octanol–water partition coefficient (Wildman–Crippen LogP) is 3.79. The minimum atomic E-state index is 0.651. The van der Waals surface area contributed by atoms with E-state index in [0.29, 0.717) is 6.54 Å². The van der Waals surface area contributed by atoms with Crippen LogP contribution >= 0.6 is 11.6 Å². The molecule has 110 valence electrons. The molecule has 0 spiro atoms. The van der Waals surface area contributed by atoms with Gasteiger partial charge in [-0.05, 0) is 60.7 Å². The number of rotatable bonds is 3. The van der Waals surface area contributed by atoms with Gasteiger partial charge < -0.3 is 10.6 Å². The molecule has 2 N–H and O–H groups in total. The van der Waals surface area contributed by atoms with Gasteiger partial charge in [-0.3, -0.25) is 0 Å². The van der Waals surface area contributed by atoms with E-state index in [1.807, 2.05) is 6.07 Å². The van der Waals surface area contributed by atoms with Gasteiger partial charge in [0.05, 0.1) is 0 Å². The van der Waals surface area contributed by atoms with Crippen LogP contribution in [0.25, 0.3) is 0 Å². The van der Waals surface area contributed by atoms with Gasteiger partial charge in [0.1, 0.15) is 0 Å². The average Bonchev–Trinajstić information content (AvgIpc) is 2.70. The Morgan fingerprint density at radius 3 is 2.71 bits per heavy atom. The van der Waals surface area contributed by atoms with Gasteiger partial charge in [-0.15, -0.1) is 0 Å². The van der Waals surface area contributed by atoms with E-state index in [4.69, 9.17) is 17.3 Å². The lowest BCUT2D eigenvalue weighted by Crippen LogP contribution is -2.24. The van der Waals surface area contributed by atoms with E-state index >= 15 is 0 Å². The normalized spacial score (nSPS) is 14.7. The minimum absolute atomic E-state index is 0.651. The number of nitrogens with two attached hydrogens (primary N) is 1. The van der Waals surface area contributed by atoms with Gasteiger partial charge in [0.2, 0.25) is 0 Å². The van der Waals surface area contributed by atoms with Crippen LogP contribution in [0.15, 0.2) is 42.5 Å². The Balaban J connectivity index is 1.94. The number of anilines is 1. The highest BCUT2D eigenvalue weighted by molar-refractivity contribution is 6.30. The third-order valence-corrected chi connectivity index (χ3v) is 4.38. The Kier molecular flexibility index (Phi) is 4.47. The molecule has 3 rings (SSSR count). The molecule has 1 aliphatic rings. The molecule has 1 aliphatic heterocycles. The van der Waals surface area contributed by atoms with E-state index in [2.05, 4.69) is 41.3 Å². The Morgan fingerprint density at radius 1 is 1.10 bits per heavy atom. The Labute approximate surface area is 131 Å². The van der Waals surface area contributed by atoms with Crippen LogP contribution in [0.2, 0.25) is 5.02 Å². The summed E-state index contributed by atoms with van der Waals surface area (Å²) in [4.78, 5) is 2.47. The molecule has 0 fully saturated rings. The van der Waals surface area contributed by atoms with Crippen LogP contribution < -0.4 is 10.6 Å². The number of hydrogen-bond donors (Lipinski definition) is 1. The van der Waals surface area contributed by atoms with Crippen molar-refractivity contribution >= 4 is 17.3 Å². The first-order valence-corrected chi connectivity index (χ1v) is 7.96. The average molecular weight is 301 g/mol. The van der Waals surface area contributed by atoms with Gasteiger partial charge in [-0.25, -0.2) is 0 Å². The fraction of sp³-hybridized carbons (Fsp3) is 0.333. The standard InChI is InChI=1S/C18H21ClN2/c19-17-7-8-18(15(12-17)9-10-20)21-11-3-6-14-4-1-2-5-16(14)13-21/h1-2,4-5,7-8,12H,3,6,9-11,13,20H2. The van der Waals surface area contributed by atoms with Crippen LogP contribution in [0, 0.1) is 0 Å². The first-order valence-electron chi connectivity index (χ1n) is 7.58. The Hall–Kier alpha value is -1.51. The topological polar surface area (TPSA) is 29.3 Å². The summed E-state index contributed by atoms with van der Waals surface area (Å²) in [6.07, 6.45) is 3.21. The quantitative estimate of drug-likeness (QED) is 0.934. The van der Waals surface area contributed by atoms with Crippen LogP contribution in [-0.2, 0) is 19.4 Å². The molecule has 0 amide bonds. The first kappa shape index (κ1) is 14.4. The smallest absolute Gasteiger partial charge is 0.0432 e. The lowest BCUT2D eigenvalue weighted by Gasteiger charge is -2.26. The summed E-state index contributed by atoms with van der Waals surface area (Å²) in [5.41, 5.74) is 11.2. The maximum absolute atomic E-state index is 6.15. The fourth-order valence-corrected chi connectivity index (χ4v) is 3.32. The zero-order valence-corrected chi connectivity index (χ0v) is 12.9. The lowest BCUT2D eigenvalue weighted by atomic mass is 10.0. The summed E-state index contributed by atoms with van der Waals surface area (Å²) in [7, 11) is 0. The molecule has 0 saturated carbocycles. The van der Waals surface area contributed by atoms with E-state index in [1.165, 1.54) is 28.8 Å². The van der Waals surface area contributed by atoms with E-state index in [0.717, 1.165) is 31.0 Å². The van der Waals surface area contributed by atoms with Crippen molar-refractivity contribution in [3.8, 4) is 0 Å². The Bertz CT molecular complexity index is 624. The van der Waals surface area contributed by atoms with Crippen molar-refractivity contribution in [2.75, 3.05) is 18.0 Å². The second-order valence-electron chi connectivity index (χ2n) is 5.61. The SMILES string of the molecule is NCCc1cc(Cl)ccc1N1CCCc2ccccc2C1. The molecule has 0 saturated heterocycles. The minimum Gasteiger partial charge on any atom is -0.367 e. The number of aryl methyl sites for hydroxylation is 1. The van der Waals surface area contributed by atoms with Gasteiger partial charge in [-0.2, -0.15) is 0 Å². The van der Waals surface area contributed by atoms with Crippen LogP contribution in [-0.4, -0.2) is 13.1 Å². The van der Waals surface area contributed by atoms with E-state index in [1.54, 1.807) is 0 Å². The summed E-state index contributed by atoms with van der Waals surface area (Å²) in [6.45, 7) is 2.70. The van der Waals surface area contributed by atoms with Gasteiger partial charge in [0.15, 0.2) is 0 Å². The molecule has 0 bridgehead atoms. The Morgan fingerprint density at radius 2 is 1.90 bits per heavy atom. The molecule has 21 heavy (non-hydrogen) atoms. The molecule has 0 aromatic heterocycles. The monoisotopic (exact) mass is 300 g/mol. The number of fused-ring (bicyclic) bond motifs is 1. The highest BCUT2D eigenvalue weighted by Crippen LogP contribution is 2.29. The molecule has 3 heteroatoms. The first-order chi connectivity index (χ1) is 10.3. The third kappa shape index (κ3) is 3.22. The fourth-order valence-electron chi connectivity index (χ4n) is 3.12. The molecule has 0 radical (unpaired) electrons. The van der Waals surface area contributed by atoms with Gasteiger partial charge in [0.25, 0.3) is 0 Å². The molecule has 0 atom stereocenters. The molecule has 1 heterocycles. The van der Waals surface area contributed by atoms with Gasteiger partial charge >= 0.3 is 0 Å². The molecule has 2 nitrogen and oxygen atoms in total. The summed E-state index contributed by atoms with van der Waals surface area (Å²) in [5, 5.41) is 0.789. The summed E-state index contributed by atoms with van der Waals surface area (Å²) in [5.74, 6) is 0. The van der Waals surface area contributed by atoms with E-state index in [-0.39, 0.29) is 0 Å². The maximum Gasteiger partial charge on any atom is 0.0432 e. The van der Waals surface area contributed by atoms with Gasteiger partial charge in [-0.1, -0.05) is 35.9 Å². The summed E-state index contributed by atoms with van der Waals surface area (Å²) in [6, 6.07) is 14.9. The molecular formula is C18H21ClN2. The number of nitrogens with zero attached hydrogens (tertiary/aromatic N) is 1. The molecule has 2 aromatic carbocycles. The van der Waals surface area contributed by atoms with Gasteiger partial charge in [0, 0.05) is 23.8 Å². The van der Waals surface area contributed by atoms with Crippen molar-refractivity contribution in [3.05, 3.63) is 64.2 Å². The number of benzene rings is 2. The van der Waals surface area contributed by atoms with Crippen molar-refractivity contribution < 1.29 is 0 Å². The number of hydrogen-bond acceptors (Lipinski definition) is 2. The van der Waals surface area contributed by atoms with Crippen LogP contribution in [0.1, 0.15) is 23.1 Å². The van der Waals surface area contributed by atoms with Crippen molar-refractivity contribution in [2.24, 2.45) is 5.73 Å².